The molecule has 0 bridgehead atoms. The highest BCUT2D eigenvalue weighted by atomic mass is 28.3. The first-order valence-corrected chi connectivity index (χ1v) is 11.3. The van der Waals surface area contributed by atoms with Gasteiger partial charge >= 0.3 is 0 Å². The van der Waals surface area contributed by atoms with Crippen LogP contribution in [0.4, 0.5) is 0 Å². The van der Waals surface area contributed by atoms with Gasteiger partial charge in [-0.1, -0.05) is 31.5 Å². The second-order valence-corrected chi connectivity index (χ2v) is 11.1. The molecule has 0 aromatic rings. The van der Waals surface area contributed by atoms with Gasteiger partial charge < -0.3 is 19.7 Å². The van der Waals surface area contributed by atoms with Gasteiger partial charge in [0.15, 0.2) is 11.2 Å². The van der Waals surface area contributed by atoms with Crippen molar-refractivity contribution in [3.63, 3.8) is 0 Å². The van der Waals surface area contributed by atoms with Crippen LogP contribution in [0.2, 0.25) is 19.6 Å². The lowest BCUT2D eigenvalue weighted by Gasteiger charge is -2.24. The molecule has 23 heavy (non-hydrogen) atoms. The van der Waals surface area contributed by atoms with Gasteiger partial charge in [0.25, 0.3) is 0 Å². The highest BCUT2D eigenvalue weighted by molar-refractivity contribution is 6.83. The zero-order chi connectivity index (χ0) is 17.6. The summed E-state index contributed by atoms with van der Waals surface area (Å²) in [4.78, 5) is 0. The highest BCUT2D eigenvalue weighted by Gasteiger charge is 2.28. The van der Waals surface area contributed by atoms with E-state index < -0.39 is 25.6 Å². The number of aliphatic hydroxyl groups is 2. The summed E-state index contributed by atoms with van der Waals surface area (Å²) in [6.45, 7) is 10.9. The van der Waals surface area contributed by atoms with E-state index in [9.17, 15) is 10.2 Å². The van der Waals surface area contributed by atoms with E-state index in [-0.39, 0.29) is 0 Å². The average molecular weight is 334 g/mol. The fraction of sp³-hybridized carbons (Fsp3) is 0.556. The molecule has 0 amide bonds. The molecule has 0 spiro atoms. The Morgan fingerprint density at radius 1 is 0.913 bits per heavy atom. The van der Waals surface area contributed by atoms with Gasteiger partial charge in [0.05, 0.1) is 0 Å². The third-order valence-corrected chi connectivity index (χ3v) is 3.72. The van der Waals surface area contributed by atoms with E-state index >= 15 is 0 Å². The van der Waals surface area contributed by atoms with E-state index in [4.69, 9.17) is 9.47 Å². The first-order chi connectivity index (χ1) is 10.6. The first kappa shape index (κ1) is 19.7. The molecule has 0 aromatic carbocycles. The van der Waals surface area contributed by atoms with Gasteiger partial charge in [-0.05, 0) is 44.1 Å². The highest BCUT2D eigenvalue weighted by Crippen LogP contribution is 2.21. The van der Waals surface area contributed by atoms with E-state index in [1.54, 1.807) is 0 Å². The Labute approximate surface area is 140 Å². The Balaban J connectivity index is 2.88. The summed E-state index contributed by atoms with van der Waals surface area (Å²) in [6, 6.07) is 0. The van der Waals surface area contributed by atoms with Crippen LogP contribution in [-0.2, 0) is 9.47 Å². The molecule has 1 rings (SSSR count). The van der Waals surface area contributed by atoms with E-state index in [2.05, 4.69) is 42.9 Å². The monoisotopic (exact) mass is 334 g/mol. The van der Waals surface area contributed by atoms with Crippen molar-refractivity contribution in [2.75, 3.05) is 13.2 Å². The second kappa shape index (κ2) is 7.96. The van der Waals surface area contributed by atoms with E-state index in [1.165, 1.54) is 24.3 Å². The minimum atomic E-state index is -1.58. The van der Waals surface area contributed by atoms with Gasteiger partial charge in [-0.2, -0.15) is 0 Å². The predicted molar refractivity (Wildman–Crippen MR) is 94.1 cm³/mol. The Kier molecular flexibility index (Phi) is 6.82. The minimum absolute atomic E-state index is 0.468. The number of hydrogen-bond acceptors (Lipinski definition) is 4. The molecule has 0 saturated carbocycles. The molecule has 5 heteroatoms. The lowest BCUT2D eigenvalue weighted by atomic mass is 9.90. The maximum absolute atomic E-state index is 10.4. The molecule has 0 atom stereocenters. The molecule has 0 aromatic heterocycles. The summed E-state index contributed by atoms with van der Waals surface area (Å²) >= 11 is 0. The summed E-state index contributed by atoms with van der Waals surface area (Å²) in [5, 5.41) is 20.8. The fourth-order valence-electron chi connectivity index (χ4n) is 1.68. The van der Waals surface area contributed by atoms with Crippen molar-refractivity contribution in [2.24, 2.45) is 0 Å². The van der Waals surface area contributed by atoms with Crippen molar-refractivity contribution in [2.45, 2.75) is 51.0 Å². The van der Waals surface area contributed by atoms with E-state index in [0.29, 0.717) is 13.2 Å². The summed E-state index contributed by atoms with van der Waals surface area (Å²) in [5.41, 5.74) is 0.309. The van der Waals surface area contributed by atoms with Crippen molar-refractivity contribution >= 4 is 8.07 Å². The molecule has 4 nitrogen and oxygen atoms in total. The summed E-state index contributed by atoms with van der Waals surface area (Å²) in [5.74, 6) is 8.33. The van der Waals surface area contributed by atoms with Crippen LogP contribution in [0.15, 0.2) is 24.3 Å². The molecule has 1 aliphatic rings. The Morgan fingerprint density at radius 3 is 1.74 bits per heavy atom. The van der Waals surface area contributed by atoms with Crippen LogP contribution in [0.1, 0.15) is 13.8 Å². The van der Waals surface area contributed by atoms with Crippen LogP contribution >= 0.6 is 0 Å². The van der Waals surface area contributed by atoms with Crippen LogP contribution < -0.4 is 0 Å². The van der Waals surface area contributed by atoms with Crippen molar-refractivity contribution in [3.8, 4) is 23.3 Å². The normalized spacial score (nSPS) is 26.4. The van der Waals surface area contributed by atoms with Gasteiger partial charge in [0.2, 0.25) is 6.29 Å². The SMILES string of the molecule is CCOC(C#CC1(O)C=CC(O)(C#C[Si](C)(C)C)C=C1)OCC. The van der Waals surface area contributed by atoms with Gasteiger partial charge in [-0.3, -0.25) is 0 Å². The molecule has 0 radical (unpaired) electrons. The maximum atomic E-state index is 10.4. The number of hydrogen-bond donors (Lipinski definition) is 2. The molecular formula is C18H26O4Si. The van der Waals surface area contributed by atoms with E-state index in [0.717, 1.165) is 0 Å². The molecule has 1 aliphatic carbocycles. The minimum Gasteiger partial charge on any atom is -0.370 e. The zero-order valence-corrected chi connectivity index (χ0v) is 15.5. The van der Waals surface area contributed by atoms with Crippen molar-refractivity contribution < 1.29 is 19.7 Å². The third kappa shape index (κ3) is 7.17. The number of ether oxygens (including phenoxy) is 2. The van der Waals surface area contributed by atoms with Crippen LogP contribution in [-0.4, -0.2) is 49.0 Å². The van der Waals surface area contributed by atoms with Crippen LogP contribution in [0, 0.1) is 23.3 Å². The van der Waals surface area contributed by atoms with Gasteiger partial charge in [-0.25, -0.2) is 0 Å². The molecule has 0 fully saturated rings. The maximum Gasteiger partial charge on any atom is 0.222 e. The Morgan fingerprint density at radius 2 is 1.35 bits per heavy atom. The standard InChI is InChI=1S/C18H26O4Si/c1-6-21-16(22-7-2)8-9-17(19)10-12-18(20,13-11-17)14-15-23(3,4)5/h10-13,16,19-20H,6-7H2,1-5H3. The lowest BCUT2D eigenvalue weighted by molar-refractivity contribution is -0.0972. The van der Waals surface area contributed by atoms with E-state index in [1.807, 2.05) is 13.8 Å². The van der Waals surface area contributed by atoms with Gasteiger partial charge in [0, 0.05) is 13.2 Å². The van der Waals surface area contributed by atoms with Crippen LogP contribution in [0.3, 0.4) is 0 Å². The largest absolute Gasteiger partial charge is 0.370 e. The average Bonchev–Trinajstić information content (AvgIpc) is 2.47. The molecule has 2 N–H and O–H groups in total. The van der Waals surface area contributed by atoms with Crippen LogP contribution in [0.25, 0.3) is 0 Å². The fourth-order valence-corrected chi connectivity index (χ4v) is 2.26. The molecule has 0 saturated heterocycles. The summed E-state index contributed by atoms with van der Waals surface area (Å²) < 4.78 is 10.6. The Bertz CT molecular complexity index is 558. The zero-order valence-electron chi connectivity index (χ0n) is 14.5. The second-order valence-electron chi connectivity index (χ2n) is 6.33. The summed E-state index contributed by atoms with van der Waals surface area (Å²) in [6.07, 6.45) is 5.13. The Hall–Kier alpha value is -1.34. The first-order valence-electron chi connectivity index (χ1n) is 7.77. The smallest absolute Gasteiger partial charge is 0.222 e. The van der Waals surface area contributed by atoms with Crippen molar-refractivity contribution in [1.29, 1.82) is 0 Å². The summed E-state index contributed by atoms with van der Waals surface area (Å²) in [7, 11) is -1.58. The molecule has 0 aliphatic heterocycles. The quantitative estimate of drug-likeness (QED) is 0.357. The molecular weight excluding hydrogens is 308 g/mol. The topological polar surface area (TPSA) is 58.9 Å². The molecule has 126 valence electrons. The van der Waals surface area contributed by atoms with Crippen LogP contribution in [0.5, 0.6) is 0 Å². The molecule has 0 heterocycles. The van der Waals surface area contributed by atoms with Crippen molar-refractivity contribution in [3.05, 3.63) is 24.3 Å². The predicted octanol–water partition coefficient (Wildman–Crippen LogP) is 1.86. The third-order valence-electron chi connectivity index (χ3n) is 2.85. The van der Waals surface area contributed by atoms with Crippen molar-refractivity contribution in [1.82, 2.24) is 0 Å². The van der Waals surface area contributed by atoms with Gasteiger partial charge in [0.1, 0.15) is 8.07 Å². The lowest BCUT2D eigenvalue weighted by Crippen LogP contribution is -2.32. The van der Waals surface area contributed by atoms with Gasteiger partial charge in [-0.15, -0.1) is 5.54 Å². The number of rotatable bonds is 4. The molecule has 0 unspecified atom stereocenters.